The lowest BCUT2D eigenvalue weighted by Crippen LogP contribution is -2.13. The van der Waals surface area contributed by atoms with E-state index < -0.39 is 0 Å². The molecular formula is C23H21N5O2. The number of nitrogens with one attached hydrogen (secondary N) is 2. The minimum atomic E-state index is -0.195. The molecule has 0 spiro atoms. The summed E-state index contributed by atoms with van der Waals surface area (Å²) >= 11 is 0. The van der Waals surface area contributed by atoms with Crippen LogP contribution in [-0.4, -0.2) is 26.8 Å². The number of aryl methyl sites for hydroxylation is 1. The molecule has 30 heavy (non-hydrogen) atoms. The van der Waals surface area contributed by atoms with Crippen LogP contribution in [0.3, 0.4) is 0 Å². The quantitative estimate of drug-likeness (QED) is 0.531. The number of nitrogens with zero attached hydrogens (tertiary/aromatic N) is 3. The average Bonchev–Trinajstić information content (AvgIpc) is 3.13. The van der Waals surface area contributed by atoms with Gasteiger partial charge in [-0.05, 0) is 60.5 Å². The number of para-hydroxylation sites is 1. The smallest absolute Gasteiger partial charge is 0.255 e. The van der Waals surface area contributed by atoms with Gasteiger partial charge >= 0.3 is 0 Å². The van der Waals surface area contributed by atoms with Crippen LogP contribution in [-0.2, 0) is 11.3 Å². The van der Waals surface area contributed by atoms with Crippen molar-refractivity contribution in [1.29, 1.82) is 0 Å². The summed E-state index contributed by atoms with van der Waals surface area (Å²) in [5.41, 5.74) is 5.68. The van der Waals surface area contributed by atoms with Crippen molar-refractivity contribution in [3.05, 3.63) is 83.4 Å². The minimum absolute atomic E-state index is 0.131. The largest absolute Gasteiger partial charge is 0.326 e. The topological polar surface area (TPSA) is 88.9 Å². The first kappa shape index (κ1) is 19.3. The van der Waals surface area contributed by atoms with Gasteiger partial charge in [0.2, 0.25) is 5.91 Å². The van der Waals surface area contributed by atoms with E-state index in [9.17, 15) is 9.59 Å². The molecule has 0 aliphatic heterocycles. The fourth-order valence-corrected chi connectivity index (χ4v) is 3.24. The number of rotatable bonds is 5. The zero-order valence-electron chi connectivity index (χ0n) is 16.7. The Kier molecular flexibility index (Phi) is 5.26. The van der Waals surface area contributed by atoms with Gasteiger partial charge in [0.15, 0.2) is 0 Å². The third-order valence-corrected chi connectivity index (χ3v) is 4.76. The first-order chi connectivity index (χ1) is 14.5. The summed E-state index contributed by atoms with van der Waals surface area (Å²) in [7, 11) is 0. The minimum Gasteiger partial charge on any atom is -0.326 e. The Morgan fingerprint density at radius 2 is 1.73 bits per heavy atom. The zero-order valence-corrected chi connectivity index (χ0v) is 16.7. The van der Waals surface area contributed by atoms with E-state index >= 15 is 0 Å². The number of hydrogen-bond donors (Lipinski definition) is 2. The number of hydrogen-bond acceptors (Lipinski definition) is 4. The van der Waals surface area contributed by atoms with E-state index in [2.05, 4.69) is 20.9 Å². The van der Waals surface area contributed by atoms with E-state index in [4.69, 9.17) is 0 Å². The molecule has 0 atom stereocenters. The molecule has 7 heteroatoms. The summed E-state index contributed by atoms with van der Waals surface area (Å²) in [6.07, 6.45) is 0. The maximum Gasteiger partial charge on any atom is 0.255 e. The van der Waals surface area contributed by atoms with Crippen LogP contribution in [0.15, 0.2) is 66.7 Å². The molecule has 0 aliphatic rings. The Morgan fingerprint density at radius 1 is 0.967 bits per heavy atom. The fraction of sp³-hybridized carbons (Fsp3) is 0.130. The number of fused-ring (bicyclic) bond motifs is 1. The zero-order chi connectivity index (χ0) is 21.1. The van der Waals surface area contributed by atoms with Gasteiger partial charge in [0.25, 0.3) is 5.91 Å². The normalized spacial score (nSPS) is 10.7. The molecule has 0 bridgehead atoms. The van der Waals surface area contributed by atoms with Crippen LogP contribution in [0.5, 0.6) is 0 Å². The van der Waals surface area contributed by atoms with Gasteiger partial charge in [-0.25, -0.2) is 4.68 Å². The molecule has 4 rings (SSSR count). The summed E-state index contributed by atoms with van der Waals surface area (Å²) in [5, 5.41) is 14.0. The monoisotopic (exact) mass is 399 g/mol. The maximum absolute atomic E-state index is 12.6. The summed E-state index contributed by atoms with van der Waals surface area (Å²) in [4.78, 5) is 23.8. The predicted molar refractivity (Wildman–Crippen MR) is 117 cm³/mol. The summed E-state index contributed by atoms with van der Waals surface area (Å²) in [6, 6.07) is 20.6. The second kappa shape index (κ2) is 8.16. The van der Waals surface area contributed by atoms with Crippen LogP contribution < -0.4 is 10.6 Å². The first-order valence-corrected chi connectivity index (χ1v) is 9.56. The van der Waals surface area contributed by atoms with Crippen LogP contribution in [0.25, 0.3) is 11.0 Å². The summed E-state index contributed by atoms with van der Waals surface area (Å²) in [6.45, 7) is 3.92. The molecule has 4 aromatic rings. The van der Waals surface area contributed by atoms with Gasteiger partial charge in [-0.2, -0.15) is 0 Å². The number of anilines is 2. The highest BCUT2D eigenvalue weighted by Gasteiger charge is 2.09. The molecular weight excluding hydrogens is 378 g/mol. The molecule has 0 fully saturated rings. The fourth-order valence-electron chi connectivity index (χ4n) is 3.24. The number of amides is 2. The van der Waals surface area contributed by atoms with Gasteiger partial charge in [-0.1, -0.05) is 29.5 Å². The van der Waals surface area contributed by atoms with E-state index in [1.165, 1.54) is 6.92 Å². The molecule has 0 saturated carbocycles. The summed E-state index contributed by atoms with van der Waals surface area (Å²) < 4.78 is 1.84. The van der Waals surface area contributed by atoms with Crippen molar-refractivity contribution in [3.8, 4) is 0 Å². The van der Waals surface area contributed by atoms with Crippen molar-refractivity contribution in [2.75, 3.05) is 10.6 Å². The highest BCUT2D eigenvalue weighted by atomic mass is 16.2. The van der Waals surface area contributed by atoms with Crippen molar-refractivity contribution in [3.63, 3.8) is 0 Å². The second-order valence-electron chi connectivity index (χ2n) is 7.10. The highest BCUT2D eigenvalue weighted by Crippen LogP contribution is 2.20. The van der Waals surface area contributed by atoms with Crippen LogP contribution >= 0.6 is 0 Å². The van der Waals surface area contributed by atoms with Crippen molar-refractivity contribution in [2.24, 2.45) is 0 Å². The maximum atomic E-state index is 12.6. The Balaban J connectivity index is 1.44. The molecule has 1 heterocycles. The Labute approximate surface area is 173 Å². The predicted octanol–water partition coefficient (Wildman–Crippen LogP) is 4.00. The second-order valence-corrected chi connectivity index (χ2v) is 7.10. The molecule has 0 radical (unpaired) electrons. The molecule has 0 saturated heterocycles. The number of carbonyl (C=O) groups excluding carboxylic acids is 2. The van der Waals surface area contributed by atoms with Crippen molar-refractivity contribution < 1.29 is 9.59 Å². The Hall–Kier alpha value is -4.00. The van der Waals surface area contributed by atoms with Crippen molar-refractivity contribution in [2.45, 2.75) is 20.4 Å². The highest BCUT2D eigenvalue weighted by molar-refractivity contribution is 6.04. The van der Waals surface area contributed by atoms with E-state index in [1.807, 2.05) is 54.1 Å². The van der Waals surface area contributed by atoms with Gasteiger partial charge in [0, 0.05) is 23.9 Å². The molecule has 3 aromatic carbocycles. The summed E-state index contributed by atoms with van der Waals surface area (Å²) in [5.74, 6) is -0.326. The van der Waals surface area contributed by atoms with Crippen LogP contribution in [0.1, 0.15) is 28.4 Å². The Morgan fingerprint density at radius 3 is 2.47 bits per heavy atom. The number of benzene rings is 3. The average molecular weight is 399 g/mol. The Bertz CT molecular complexity index is 1230. The molecule has 7 nitrogen and oxygen atoms in total. The number of carbonyl (C=O) groups is 2. The third-order valence-electron chi connectivity index (χ3n) is 4.76. The lowest BCUT2D eigenvalue weighted by molar-refractivity contribution is -0.114. The first-order valence-electron chi connectivity index (χ1n) is 9.56. The van der Waals surface area contributed by atoms with Crippen molar-refractivity contribution >= 4 is 34.2 Å². The third kappa shape index (κ3) is 4.20. The van der Waals surface area contributed by atoms with Crippen molar-refractivity contribution in [1.82, 2.24) is 15.0 Å². The molecule has 2 amide bonds. The lowest BCUT2D eigenvalue weighted by atomic mass is 10.1. The van der Waals surface area contributed by atoms with E-state index in [-0.39, 0.29) is 11.8 Å². The van der Waals surface area contributed by atoms with Gasteiger partial charge in [-0.15, -0.1) is 5.10 Å². The van der Waals surface area contributed by atoms with Gasteiger partial charge in [0.05, 0.1) is 12.1 Å². The molecule has 1 aromatic heterocycles. The van der Waals surface area contributed by atoms with Gasteiger partial charge in [0.1, 0.15) is 5.52 Å². The molecule has 0 unspecified atom stereocenters. The van der Waals surface area contributed by atoms with Crippen LogP contribution in [0, 0.1) is 6.92 Å². The van der Waals surface area contributed by atoms with Crippen LogP contribution in [0.2, 0.25) is 0 Å². The van der Waals surface area contributed by atoms with E-state index in [0.29, 0.717) is 17.8 Å². The van der Waals surface area contributed by atoms with Crippen LogP contribution in [0.4, 0.5) is 11.4 Å². The molecule has 0 aliphatic carbocycles. The standard InChI is InChI=1S/C23H21N5O2/c1-15-13-19(11-12-20(15)24-16(2)29)25-23(30)18-9-7-17(8-10-18)14-28-22-6-4-3-5-21(22)26-27-28/h3-13H,14H2,1-2H3,(H,24,29)(H,25,30). The molecule has 150 valence electrons. The van der Waals surface area contributed by atoms with Gasteiger partial charge in [-0.3, -0.25) is 9.59 Å². The molecule has 2 N–H and O–H groups in total. The SMILES string of the molecule is CC(=O)Nc1ccc(NC(=O)c2ccc(Cn3nnc4ccccc43)cc2)cc1C. The van der Waals surface area contributed by atoms with E-state index in [1.54, 1.807) is 24.3 Å². The lowest BCUT2D eigenvalue weighted by Gasteiger charge is -2.10. The number of aromatic nitrogens is 3. The van der Waals surface area contributed by atoms with Gasteiger partial charge < -0.3 is 10.6 Å². The van der Waals surface area contributed by atoms with E-state index in [0.717, 1.165) is 27.8 Å².